The fraction of sp³-hybridized carbons (Fsp3) is 0.111. The van der Waals surface area contributed by atoms with Crippen molar-refractivity contribution in [3.63, 3.8) is 0 Å². The van der Waals surface area contributed by atoms with E-state index in [0.29, 0.717) is 47.7 Å². The van der Waals surface area contributed by atoms with Crippen molar-refractivity contribution < 1.29 is 9.53 Å². The van der Waals surface area contributed by atoms with E-state index in [0.717, 1.165) is 10.0 Å². The maximum Gasteiger partial charge on any atom is 0.264 e. The molecule has 0 atom stereocenters. The third-order valence-corrected chi connectivity index (χ3v) is 6.13. The van der Waals surface area contributed by atoms with E-state index in [1.807, 2.05) is 60.7 Å². The van der Waals surface area contributed by atoms with Crippen LogP contribution in [0, 0.1) is 0 Å². The molecule has 1 N–H and O–H groups in total. The number of hydrogen-bond donors (Lipinski definition) is 1. The van der Waals surface area contributed by atoms with E-state index >= 15 is 0 Å². The highest BCUT2D eigenvalue weighted by Crippen LogP contribution is 2.25. The molecule has 0 saturated carbocycles. The van der Waals surface area contributed by atoms with E-state index in [1.54, 1.807) is 27.4 Å². The Hall–Kier alpha value is -4.24. The number of fused-ring (bicyclic) bond motifs is 1. The lowest BCUT2D eigenvalue weighted by Crippen LogP contribution is -2.28. The van der Waals surface area contributed by atoms with Gasteiger partial charge in [0.25, 0.3) is 11.5 Å². The van der Waals surface area contributed by atoms with Crippen molar-refractivity contribution in [3.05, 3.63) is 117 Å². The normalized spacial score (nSPS) is 10.9. The summed E-state index contributed by atoms with van der Waals surface area (Å²) in [6.07, 6.45) is 3.05. The quantitative estimate of drug-likeness (QED) is 0.308. The Bertz CT molecular complexity index is 1560. The molecule has 0 spiro atoms. The van der Waals surface area contributed by atoms with Crippen molar-refractivity contribution in [1.82, 2.24) is 24.6 Å². The van der Waals surface area contributed by atoms with E-state index < -0.39 is 0 Å². The molecule has 0 aliphatic carbocycles. The lowest BCUT2D eigenvalue weighted by Gasteiger charge is -2.11. The number of nitrogens with zero attached hydrogens (tertiary/aromatic N) is 4. The van der Waals surface area contributed by atoms with Crippen molar-refractivity contribution in [2.45, 2.75) is 13.1 Å². The van der Waals surface area contributed by atoms with Crippen LogP contribution >= 0.6 is 15.9 Å². The van der Waals surface area contributed by atoms with Crippen molar-refractivity contribution in [3.8, 4) is 11.5 Å². The number of carbonyl (C=O) groups is 1. The van der Waals surface area contributed by atoms with Gasteiger partial charge in [-0.05, 0) is 42.0 Å². The van der Waals surface area contributed by atoms with E-state index in [4.69, 9.17) is 4.74 Å². The van der Waals surface area contributed by atoms with Gasteiger partial charge in [0.05, 0.1) is 24.8 Å². The van der Waals surface area contributed by atoms with Gasteiger partial charge in [0, 0.05) is 11.0 Å². The van der Waals surface area contributed by atoms with Gasteiger partial charge >= 0.3 is 0 Å². The SMILES string of the molecule is O=C(NCCn1ncc2c(=O)n(Cc3ccc(Br)cc3)cnc21)c1ccccc1Oc1ccccc1. The van der Waals surface area contributed by atoms with Gasteiger partial charge in [0.1, 0.15) is 23.2 Å². The molecule has 1 amide bonds. The molecule has 0 aliphatic heterocycles. The van der Waals surface area contributed by atoms with Crippen LogP contribution in [0.3, 0.4) is 0 Å². The molecular weight excluding hydrogens is 522 g/mol. The standard InChI is InChI=1S/C27H22BrN5O3/c28-20-12-10-19(11-13-20)17-32-18-30-25-23(27(32)35)16-31-33(25)15-14-29-26(34)22-8-4-5-9-24(22)36-21-6-2-1-3-7-21/h1-13,16,18H,14-15,17H2,(H,29,34). The molecular formula is C27H22BrN5O3. The minimum atomic E-state index is -0.261. The van der Waals surface area contributed by atoms with Crippen LogP contribution in [0.1, 0.15) is 15.9 Å². The minimum Gasteiger partial charge on any atom is -0.457 e. The molecule has 2 aromatic heterocycles. The van der Waals surface area contributed by atoms with E-state index in [1.165, 1.54) is 12.5 Å². The Morgan fingerprint density at radius 1 is 0.972 bits per heavy atom. The molecule has 0 saturated heterocycles. The van der Waals surface area contributed by atoms with Crippen molar-refractivity contribution >= 4 is 32.9 Å². The number of aromatic nitrogens is 4. The van der Waals surface area contributed by atoms with Crippen LogP contribution in [-0.2, 0) is 13.1 Å². The fourth-order valence-corrected chi connectivity index (χ4v) is 4.05. The Morgan fingerprint density at radius 3 is 2.53 bits per heavy atom. The van der Waals surface area contributed by atoms with Crippen LogP contribution in [-0.4, -0.2) is 31.8 Å². The molecule has 0 radical (unpaired) electrons. The molecule has 5 rings (SSSR count). The minimum absolute atomic E-state index is 0.162. The first-order chi connectivity index (χ1) is 17.6. The molecule has 5 aromatic rings. The van der Waals surface area contributed by atoms with Gasteiger partial charge in [0.15, 0.2) is 5.65 Å². The molecule has 8 nitrogen and oxygen atoms in total. The molecule has 0 fully saturated rings. The second-order valence-electron chi connectivity index (χ2n) is 8.08. The first-order valence-corrected chi connectivity index (χ1v) is 12.1. The number of nitrogens with one attached hydrogen (secondary N) is 1. The first kappa shape index (κ1) is 23.5. The van der Waals surface area contributed by atoms with Gasteiger partial charge < -0.3 is 10.1 Å². The average molecular weight is 544 g/mol. The highest BCUT2D eigenvalue weighted by Gasteiger charge is 2.14. The topological polar surface area (TPSA) is 91.0 Å². The lowest BCUT2D eigenvalue weighted by molar-refractivity contribution is 0.0949. The molecule has 36 heavy (non-hydrogen) atoms. The average Bonchev–Trinajstić information content (AvgIpc) is 3.31. The van der Waals surface area contributed by atoms with Crippen LogP contribution in [0.5, 0.6) is 11.5 Å². The van der Waals surface area contributed by atoms with Crippen LogP contribution in [0.4, 0.5) is 0 Å². The van der Waals surface area contributed by atoms with Gasteiger partial charge in [-0.3, -0.25) is 14.2 Å². The lowest BCUT2D eigenvalue weighted by atomic mass is 10.2. The number of amides is 1. The maximum absolute atomic E-state index is 12.9. The summed E-state index contributed by atoms with van der Waals surface area (Å²) in [5.41, 5.74) is 1.74. The molecule has 180 valence electrons. The molecule has 3 aromatic carbocycles. The van der Waals surface area contributed by atoms with Crippen LogP contribution in [0.25, 0.3) is 11.0 Å². The summed E-state index contributed by atoms with van der Waals surface area (Å²) in [5.74, 6) is 0.860. The number of hydrogen-bond acceptors (Lipinski definition) is 5. The maximum atomic E-state index is 12.9. The fourth-order valence-electron chi connectivity index (χ4n) is 3.79. The zero-order chi connectivity index (χ0) is 24.9. The van der Waals surface area contributed by atoms with Crippen LogP contribution in [0.2, 0.25) is 0 Å². The van der Waals surface area contributed by atoms with E-state index in [-0.39, 0.29) is 11.5 Å². The van der Waals surface area contributed by atoms with Crippen LogP contribution < -0.4 is 15.6 Å². The predicted molar refractivity (Wildman–Crippen MR) is 140 cm³/mol. The Morgan fingerprint density at radius 2 is 1.72 bits per heavy atom. The third-order valence-electron chi connectivity index (χ3n) is 5.60. The van der Waals surface area contributed by atoms with Crippen molar-refractivity contribution in [2.75, 3.05) is 6.54 Å². The summed E-state index contributed by atoms with van der Waals surface area (Å²) in [4.78, 5) is 30.2. The molecule has 0 unspecified atom stereocenters. The number of carbonyl (C=O) groups excluding carboxylic acids is 1. The van der Waals surface area contributed by atoms with Gasteiger partial charge in [-0.1, -0.05) is 58.4 Å². The summed E-state index contributed by atoms with van der Waals surface area (Å²) in [6.45, 7) is 1.08. The number of para-hydroxylation sites is 2. The Kier molecular flexibility index (Phi) is 6.90. The highest BCUT2D eigenvalue weighted by molar-refractivity contribution is 9.10. The molecule has 2 heterocycles. The highest BCUT2D eigenvalue weighted by atomic mass is 79.9. The molecule has 9 heteroatoms. The second kappa shape index (κ2) is 10.6. The van der Waals surface area contributed by atoms with Gasteiger partial charge in [-0.25, -0.2) is 9.67 Å². The Balaban J connectivity index is 1.25. The predicted octanol–water partition coefficient (Wildman–Crippen LogP) is 4.63. The summed E-state index contributed by atoms with van der Waals surface area (Å²) in [7, 11) is 0. The largest absolute Gasteiger partial charge is 0.457 e. The van der Waals surface area contributed by atoms with E-state index in [2.05, 4.69) is 31.3 Å². The van der Waals surface area contributed by atoms with Gasteiger partial charge in [-0.2, -0.15) is 5.10 Å². The zero-order valence-corrected chi connectivity index (χ0v) is 20.8. The molecule has 0 aliphatic rings. The summed E-state index contributed by atoms with van der Waals surface area (Å²) < 4.78 is 10.0. The van der Waals surface area contributed by atoms with Gasteiger partial charge in [0.2, 0.25) is 0 Å². The number of ether oxygens (including phenoxy) is 1. The number of halogens is 1. The summed E-state index contributed by atoms with van der Waals surface area (Å²) in [5, 5.41) is 7.65. The molecule has 0 bridgehead atoms. The van der Waals surface area contributed by atoms with E-state index in [9.17, 15) is 9.59 Å². The van der Waals surface area contributed by atoms with Crippen LogP contribution in [0.15, 0.2) is 101 Å². The first-order valence-electron chi connectivity index (χ1n) is 11.3. The zero-order valence-electron chi connectivity index (χ0n) is 19.2. The Labute approximate surface area is 215 Å². The number of benzene rings is 3. The summed E-state index contributed by atoms with van der Waals surface area (Å²) in [6, 6.07) is 24.2. The monoisotopic (exact) mass is 543 g/mol. The third kappa shape index (κ3) is 5.21. The summed E-state index contributed by atoms with van der Waals surface area (Å²) >= 11 is 3.42. The smallest absolute Gasteiger partial charge is 0.264 e. The van der Waals surface area contributed by atoms with Crippen molar-refractivity contribution in [2.24, 2.45) is 0 Å². The van der Waals surface area contributed by atoms with Gasteiger partial charge in [-0.15, -0.1) is 0 Å². The second-order valence-corrected chi connectivity index (χ2v) is 8.99. The number of rotatable bonds is 8. The van der Waals surface area contributed by atoms with Crippen molar-refractivity contribution in [1.29, 1.82) is 0 Å².